The molecule has 0 amide bonds. The molecule has 0 saturated carbocycles. The van der Waals surface area contributed by atoms with Crippen molar-refractivity contribution < 1.29 is 9.47 Å². The van der Waals surface area contributed by atoms with Crippen LogP contribution in [0.25, 0.3) is 0 Å². The molecule has 1 N–H and O–H groups in total. The lowest BCUT2D eigenvalue weighted by molar-refractivity contribution is 0.287. The third-order valence-corrected chi connectivity index (χ3v) is 2.36. The topological polar surface area (TPSA) is 30.5 Å². The Morgan fingerprint density at radius 2 is 1.88 bits per heavy atom. The number of rotatable bonds is 6. The van der Waals surface area contributed by atoms with E-state index in [1.165, 1.54) is 0 Å². The molecule has 1 rings (SSSR count). The molecule has 0 saturated heterocycles. The molecule has 3 heteroatoms. The van der Waals surface area contributed by atoms with Crippen molar-refractivity contribution in [3.63, 3.8) is 0 Å². The summed E-state index contributed by atoms with van der Waals surface area (Å²) < 4.78 is 11.0. The summed E-state index contributed by atoms with van der Waals surface area (Å²) in [5.41, 5.74) is 1.00. The van der Waals surface area contributed by atoms with Crippen LogP contribution in [0.2, 0.25) is 0 Å². The van der Waals surface area contributed by atoms with E-state index in [9.17, 15) is 0 Å². The van der Waals surface area contributed by atoms with E-state index >= 15 is 0 Å². The van der Waals surface area contributed by atoms with Gasteiger partial charge in [-0.1, -0.05) is 12.0 Å². The van der Waals surface area contributed by atoms with Crippen LogP contribution in [0, 0.1) is 12.3 Å². The molecular formula is C14H19NO2. The summed E-state index contributed by atoms with van der Waals surface area (Å²) in [6.07, 6.45) is 5.45. The second-order valence-corrected chi connectivity index (χ2v) is 3.46. The van der Waals surface area contributed by atoms with Crippen LogP contribution < -0.4 is 14.8 Å². The molecule has 0 aromatic heterocycles. The van der Waals surface area contributed by atoms with Gasteiger partial charge in [0.2, 0.25) is 0 Å². The van der Waals surface area contributed by atoms with Crippen molar-refractivity contribution in [2.45, 2.75) is 19.9 Å². The zero-order chi connectivity index (χ0) is 12.7. The van der Waals surface area contributed by atoms with Gasteiger partial charge in [0.15, 0.2) is 11.5 Å². The van der Waals surface area contributed by atoms with E-state index in [2.05, 4.69) is 11.2 Å². The Hall–Kier alpha value is -1.66. The van der Waals surface area contributed by atoms with E-state index in [1.54, 1.807) is 0 Å². The minimum atomic E-state index is -0.107. The highest BCUT2D eigenvalue weighted by atomic mass is 16.5. The van der Waals surface area contributed by atoms with Crippen molar-refractivity contribution in [3.05, 3.63) is 23.8 Å². The monoisotopic (exact) mass is 233 g/mol. The maximum Gasteiger partial charge on any atom is 0.161 e. The smallest absolute Gasteiger partial charge is 0.161 e. The lowest BCUT2D eigenvalue weighted by atomic mass is 10.1. The maximum atomic E-state index is 5.55. The SMILES string of the molecule is C#CC(NC)c1ccc(OCC)c(OCC)c1. The lowest BCUT2D eigenvalue weighted by Crippen LogP contribution is -2.14. The zero-order valence-electron chi connectivity index (χ0n) is 10.6. The van der Waals surface area contributed by atoms with Crippen LogP contribution in [0.4, 0.5) is 0 Å². The van der Waals surface area contributed by atoms with Crippen molar-refractivity contribution in [1.29, 1.82) is 0 Å². The molecule has 0 aliphatic heterocycles. The Labute approximate surface area is 103 Å². The van der Waals surface area contributed by atoms with Gasteiger partial charge in [0.25, 0.3) is 0 Å². The highest BCUT2D eigenvalue weighted by Crippen LogP contribution is 2.30. The number of ether oxygens (including phenoxy) is 2. The van der Waals surface area contributed by atoms with Crippen LogP contribution in [0.1, 0.15) is 25.5 Å². The molecule has 1 unspecified atom stereocenters. The first-order valence-corrected chi connectivity index (χ1v) is 5.79. The molecule has 0 heterocycles. The van der Waals surface area contributed by atoms with Gasteiger partial charge in [-0.05, 0) is 38.6 Å². The number of nitrogens with one attached hydrogen (secondary N) is 1. The van der Waals surface area contributed by atoms with E-state index in [1.807, 2.05) is 39.1 Å². The summed E-state index contributed by atoms with van der Waals surface area (Å²) in [6, 6.07) is 5.67. The molecule has 0 spiro atoms. The minimum absolute atomic E-state index is 0.107. The summed E-state index contributed by atoms with van der Waals surface area (Å²) in [4.78, 5) is 0. The fraction of sp³-hybridized carbons (Fsp3) is 0.429. The predicted octanol–water partition coefficient (Wildman–Crippen LogP) is 2.38. The van der Waals surface area contributed by atoms with Gasteiger partial charge >= 0.3 is 0 Å². The van der Waals surface area contributed by atoms with Crippen LogP contribution in [-0.2, 0) is 0 Å². The van der Waals surface area contributed by atoms with Crippen molar-refractivity contribution in [1.82, 2.24) is 5.32 Å². The Kier molecular flexibility index (Phi) is 5.38. The number of hydrogen-bond acceptors (Lipinski definition) is 3. The fourth-order valence-corrected chi connectivity index (χ4v) is 1.59. The zero-order valence-corrected chi connectivity index (χ0v) is 10.6. The molecule has 1 atom stereocenters. The van der Waals surface area contributed by atoms with Crippen molar-refractivity contribution >= 4 is 0 Å². The van der Waals surface area contributed by atoms with Gasteiger partial charge < -0.3 is 14.8 Å². The van der Waals surface area contributed by atoms with Crippen molar-refractivity contribution in [2.24, 2.45) is 0 Å². The van der Waals surface area contributed by atoms with E-state index < -0.39 is 0 Å². The third kappa shape index (κ3) is 3.40. The van der Waals surface area contributed by atoms with Gasteiger partial charge in [-0.15, -0.1) is 6.42 Å². The van der Waals surface area contributed by atoms with Crippen molar-refractivity contribution in [2.75, 3.05) is 20.3 Å². The summed E-state index contributed by atoms with van der Waals surface area (Å²) in [6.45, 7) is 5.11. The summed E-state index contributed by atoms with van der Waals surface area (Å²) in [5.74, 6) is 4.17. The normalized spacial score (nSPS) is 11.6. The van der Waals surface area contributed by atoms with Gasteiger partial charge in [-0.2, -0.15) is 0 Å². The molecule has 3 nitrogen and oxygen atoms in total. The molecular weight excluding hydrogens is 214 g/mol. The van der Waals surface area contributed by atoms with Gasteiger partial charge in [-0.3, -0.25) is 0 Å². The summed E-state index contributed by atoms with van der Waals surface area (Å²) in [7, 11) is 1.83. The Morgan fingerprint density at radius 1 is 1.24 bits per heavy atom. The number of terminal acetylenes is 1. The molecule has 1 aromatic rings. The Balaban J connectivity index is 3.04. The third-order valence-electron chi connectivity index (χ3n) is 2.36. The first kappa shape index (κ1) is 13.4. The number of hydrogen-bond donors (Lipinski definition) is 1. The molecule has 0 aliphatic carbocycles. The molecule has 0 aliphatic rings. The first-order valence-electron chi connectivity index (χ1n) is 5.79. The minimum Gasteiger partial charge on any atom is -0.490 e. The summed E-state index contributed by atoms with van der Waals surface area (Å²) in [5, 5.41) is 3.06. The molecule has 0 bridgehead atoms. The molecule has 17 heavy (non-hydrogen) atoms. The molecule has 0 radical (unpaired) electrons. The first-order chi connectivity index (χ1) is 8.26. The van der Waals surface area contributed by atoms with Crippen molar-refractivity contribution in [3.8, 4) is 23.8 Å². The van der Waals surface area contributed by atoms with Crippen LogP contribution in [0.5, 0.6) is 11.5 Å². The Morgan fingerprint density at radius 3 is 2.41 bits per heavy atom. The number of benzene rings is 1. The van der Waals surface area contributed by atoms with E-state index in [0.717, 1.165) is 17.1 Å². The van der Waals surface area contributed by atoms with Gasteiger partial charge in [0.1, 0.15) is 0 Å². The van der Waals surface area contributed by atoms with Gasteiger partial charge in [0.05, 0.1) is 19.3 Å². The van der Waals surface area contributed by atoms with Crippen LogP contribution in [0.3, 0.4) is 0 Å². The van der Waals surface area contributed by atoms with E-state index in [0.29, 0.717) is 13.2 Å². The standard InChI is InChI=1S/C14H19NO2/c1-5-12(15-4)11-8-9-13(16-6-2)14(10-11)17-7-3/h1,8-10,12,15H,6-7H2,2-4H3. The summed E-state index contributed by atoms with van der Waals surface area (Å²) >= 11 is 0. The van der Waals surface area contributed by atoms with Gasteiger partial charge in [0, 0.05) is 0 Å². The lowest BCUT2D eigenvalue weighted by Gasteiger charge is -2.15. The second kappa shape index (κ2) is 6.82. The maximum absolute atomic E-state index is 5.55. The van der Waals surface area contributed by atoms with Crippen LogP contribution in [0.15, 0.2) is 18.2 Å². The average Bonchev–Trinajstić information content (AvgIpc) is 2.34. The largest absolute Gasteiger partial charge is 0.490 e. The highest BCUT2D eigenvalue weighted by molar-refractivity contribution is 5.45. The van der Waals surface area contributed by atoms with E-state index in [4.69, 9.17) is 15.9 Å². The fourth-order valence-electron chi connectivity index (χ4n) is 1.59. The van der Waals surface area contributed by atoms with Crippen LogP contribution in [-0.4, -0.2) is 20.3 Å². The van der Waals surface area contributed by atoms with E-state index in [-0.39, 0.29) is 6.04 Å². The Bertz CT molecular complexity index is 396. The second-order valence-electron chi connectivity index (χ2n) is 3.46. The highest BCUT2D eigenvalue weighted by Gasteiger charge is 2.10. The predicted molar refractivity (Wildman–Crippen MR) is 69.4 cm³/mol. The van der Waals surface area contributed by atoms with Gasteiger partial charge in [-0.25, -0.2) is 0 Å². The molecule has 92 valence electrons. The van der Waals surface area contributed by atoms with Crippen LogP contribution >= 0.6 is 0 Å². The quantitative estimate of drug-likeness (QED) is 0.765. The molecule has 1 aromatic carbocycles. The molecule has 0 fully saturated rings. The average molecular weight is 233 g/mol.